The SMILES string of the molecule is CS(=O)(=O)CCOc1cccc(NC(=O)CCC2CCNC2)c1.Cl. The van der Waals surface area contributed by atoms with E-state index in [1.807, 2.05) is 0 Å². The molecule has 1 saturated heterocycles. The molecule has 24 heavy (non-hydrogen) atoms. The maximum atomic E-state index is 12.0. The van der Waals surface area contributed by atoms with E-state index >= 15 is 0 Å². The van der Waals surface area contributed by atoms with Crippen LogP contribution in [0, 0.1) is 5.92 Å². The van der Waals surface area contributed by atoms with Gasteiger partial charge in [0.15, 0.2) is 9.84 Å². The van der Waals surface area contributed by atoms with E-state index in [2.05, 4.69) is 10.6 Å². The van der Waals surface area contributed by atoms with Gasteiger partial charge in [0.05, 0.1) is 5.75 Å². The number of rotatable bonds is 8. The number of carbonyl (C=O) groups excluding carboxylic acids is 1. The second kappa shape index (κ2) is 9.86. The lowest BCUT2D eigenvalue weighted by atomic mass is 10.0. The number of hydrogen-bond donors (Lipinski definition) is 2. The minimum atomic E-state index is -3.04. The molecule has 0 saturated carbocycles. The Morgan fingerprint density at radius 2 is 2.21 bits per heavy atom. The fraction of sp³-hybridized carbons (Fsp3) is 0.562. The van der Waals surface area contributed by atoms with Crippen molar-refractivity contribution in [2.75, 3.05) is 37.0 Å². The van der Waals surface area contributed by atoms with E-state index in [1.54, 1.807) is 24.3 Å². The van der Waals surface area contributed by atoms with Crippen LogP contribution >= 0.6 is 12.4 Å². The van der Waals surface area contributed by atoms with E-state index in [9.17, 15) is 13.2 Å². The van der Waals surface area contributed by atoms with Crippen molar-refractivity contribution >= 4 is 33.8 Å². The minimum Gasteiger partial charge on any atom is -0.492 e. The third-order valence-corrected chi connectivity index (χ3v) is 4.69. The Bertz CT molecular complexity index is 631. The Morgan fingerprint density at radius 1 is 1.42 bits per heavy atom. The predicted molar refractivity (Wildman–Crippen MR) is 97.7 cm³/mol. The first-order valence-corrected chi connectivity index (χ1v) is 9.89. The summed E-state index contributed by atoms with van der Waals surface area (Å²) in [7, 11) is -3.04. The van der Waals surface area contributed by atoms with E-state index < -0.39 is 9.84 Å². The van der Waals surface area contributed by atoms with Gasteiger partial charge in [-0.1, -0.05) is 6.07 Å². The second-order valence-corrected chi connectivity index (χ2v) is 8.21. The highest BCUT2D eigenvalue weighted by molar-refractivity contribution is 7.90. The Kier molecular flexibility index (Phi) is 8.52. The Labute approximate surface area is 149 Å². The maximum absolute atomic E-state index is 12.0. The number of amides is 1. The van der Waals surface area contributed by atoms with E-state index in [-0.39, 0.29) is 30.7 Å². The molecule has 0 bridgehead atoms. The van der Waals surface area contributed by atoms with Crippen LogP contribution in [0.1, 0.15) is 19.3 Å². The number of nitrogens with one attached hydrogen (secondary N) is 2. The standard InChI is InChI=1S/C16H24N2O4S.ClH/c1-23(20,21)10-9-22-15-4-2-3-14(11-15)18-16(19)6-5-13-7-8-17-12-13;/h2-4,11,13,17H,5-10,12H2,1H3,(H,18,19);1H. The number of hydrogen-bond acceptors (Lipinski definition) is 5. The summed E-state index contributed by atoms with van der Waals surface area (Å²) >= 11 is 0. The first-order chi connectivity index (χ1) is 10.9. The lowest BCUT2D eigenvalue weighted by molar-refractivity contribution is -0.116. The highest BCUT2D eigenvalue weighted by Crippen LogP contribution is 2.19. The number of sulfone groups is 1. The summed E-state index contributed by atoms with van der Waals surface area (Å²) in [6.07, 6.45) is 3.71. The van der Waals surface area contributed by atoms with Crippen LogP contribution in [0.2, 0.25) is 0 Å². The number of anilines is 1. The molecule has 1 atom stereocenters. The smallest absolute Gasteiger partial charge is 0.224 e. The molecule has 1 aromatic rings. The lowest BCUT2D eigenvalue weighted by Crippen LogP contribution is -2.15. The molecule has 136 valence electrons. The van der Waals surface area contributed by atoms with Gasteiger partial charge in [-0.2, -0.15) is 0 Å². The Morgan fingerprint density at radius 3 is 2.88 bits per heavy atom. The van der Waals surface area contributed by atoms with Crippen LogP contribution in [0.5, 0.6) is 5.75 Å². The molecule has 2 rings (SSSR count). The summed E-state index contributed by atoms with van der Waals surface area (Å²) in [6, 6.07) is 7.00. The van der Waals surface area contributed by atoms with Crippen molar-refractivity contribution in [3.63, 3.8) is 0 Å². The monoisotopic (exact) mass is 376 g/mol. The molecule has 1 heterocycles. The summed E-state index contributed by atoms with van der Waals surface area (Å²) in [6.45, 7) is 2.14. The molecular weight excluding hydrogens is 352 g/mol. The van der Waals surface area contributed by atoms with Gasteiger partial charge in [-0.25, -0.2) is 8.42 Å². The third kappa shape index (κ3) is 7.99. The van der Waals surface area contributed by atoms with Gasteiger partial charge in [0.1, 0.15) is 12.4 Å². The number of carbonyl (C=O) groups is 1. The molecule has 1 aliphatic heterocycles. The van der Waals surface area contributed by atoms with E-state index in [4.69, 9.17) is 4.74 Å². The molecule has 0 spiro atoms. The Hall–Kier alpha value is -1.31. The van der Waals surface area contributed by atoms with E-state index in [0.717, 1.165) is 25.9 Å². The summed E-state index contributed by atoms with van der Waals surface area (Å²) in [5.41, 5.74) is 0.663. The summed E-state index contributed by atoms with van der Waals surface area (Å²) in [4.78, 5) is 12.0. The molecule has 1 aromatic carbocycles. The van der Waals surface area contributed by atoms with Gasteiger partial charge in [-0.3, -0.25) is 4.79 Å². The quantitative estimate of drug-likeness (QED) is 0.723. The van der Waals surface area contributed by atoms with Crippen LogP contribution in [0.4, 0.5) is 5.69 Å². The number of benzene rings is 1. The molecule has 8 heteroatoms. The Balaban J connectivity index is 0.00000288. The molecule has 2 N–H and O–H groups in total. The number of halogens is 1. The van der Waals surface area contributed by atoms with Crippen LogP contribution in [0.15, 0.2) is 24.3 Å². The molecule has 0 radical (unpaired) electrons. The molecule has 1 aliphatic rings. The first-order valence-electron chi connectivity index (χ1n) is 7.83. The molecular formula is C16H25ClN2O4S. The summed E-state index contributed by atoms with van der Waals surface area (Å²) < 4.78 is 27.6. The zero-order valence-corrected chi connectivity index (χ0v) is 15.4. The maximum Gasteiger partial charge on any atom is 0.224 e. The molecule has 1 fully saturated rings. The highest BCUT2D eigenvalue weighted by Gasteiger charge is 2.15. The average Bonchev–Trinajstić information content (AvgIpc) is 2.97. The van der Waals surface area contributed by atoms with Crippen molar-refractivity contribution in [2.24, 2.45) is 5.92 Å². The first kappa shape index (κ1) is 20.7. The lowest BCUT2D eigenvalue weighted by Gasteiger charge is -2.10. The zero-order chi connectivity index (χ0) is 16.7. The van der Waals surface area contributed by atoms with Crippen molar-refractivity contribution in [3.8, 4) is 5.75 Å². The van der Waals surface area contributed by atoms with Crippen molar-refractivity contribution in [2.45, 2.75) is 19.3 Å². The highest BCUT2D eigenvalue weighted by atomic mass is 35.5. The van der Waals surface area contributed by atoms with Gasteiger partial charge in [0, 0.05) is 24.4 Å². The van der Waals surface area contributed by atoms with Gasteiger partial charge in [0.2, 0.25) is 5.91 Å². The molecule has 1 unspecified atom stereocenters. The van der Waals surface area contributed by atoms with Crippen LogP contribution in [-0.2, 0) is 14.6 Å². The largest absolute Gasteiger partial charge is 0.492 e. The molecule has 1 amide bonds. The van der Waals surface area contributed by atoms with Crippen molar-refractivity contribution in [1.82, 2.24) is 5.32 Å². The van der Waals surface area contributed by atoms with Crippen molar-refractivity contribution < 1.29 is 17.9 Å². The van der Waals surface area contributed by atoms with Gasteiger partial charge in [0.25, 0.3) is 0 Å². The molecule has 0 aromatic heterocycles. The van der Waals surface area contributed by atoms with Crippen molar-refractivity contribution in [3.05, 3.63) is 24.3 Å². The third-order valence-electron chi connectivity index (χ3n) is 3.78. The summed E-state index contributed by atoms with van der Waals surface area (Å²) in [5.74, 6) is 1.10. The average molecular weight is 377 g/mol. The van der Waals surface area contributed by atoms with Gasteiger partial charge >= 0.3 is 0 Å². The van der Waals surface area contributed by atoms with Crippen LogP contribution in [0.25, 0.3) is 0 Å². The van der Waals surface area contributed by atoms with Crippen LogP contribution < -0.4 is 15.4 Å². The van der Waals surface area contributed by atoms with Gasteiger partial charge in [-0.05, 0) is 44.0 Å². The van der Waals surface area contributed by atoms with Crippen LogP contribution in [-0.4, -0.2) is 46.0 Å². The van der Waals surface area contributed by atoms with Gasteiger partial charge in [-0.15, -0.1) is 12.4 Å². The molecule has 0 aliphatic carbocycles. The fourth-order valence-electron chi connectivity index (χ4n) is 2.49. The van der Waals surface area contributed by atoms with E-state index in [0.29, 0.717) is 23.8 Å². The zero-order valence-electron chi connectivity index (χ0n) is 13.8. The van der Waals surface area contributed by atoms with Crippen LogP contribution in [0.3, 0.4) is 0 Å². The normalized spacial score (nSPS) is 17.1. The topological polar surface area (TPSA) is 84.5 Å². The number of ether oxygens (including phenoxy) is 1. The predicted octanol–water partition coefficient (Wildman–Crippen LogP) is 1.86. The van der Waals surface area contributed by atoms with Gasteiger partial charge < -0.3 is 15.4 Å². The fourth-order valence-corrected chi connectivity index (χ4v) is 2.88. The van der Waals surface area contributed by atoms with Crippen molar-refractivity contribution in [1.29, 1.82) is 0 Å². The second-order valence-electron chi connectivity index (χ2n) is 5.95. The molecule has 6 nitrogen and oxygen atoms in total. The summed E-state index contributed by atoms with van der Waals surface area (Å²) in [5, 5.41) is 6.15. The minimum absolute atomic E-state index is 0. The van der Waals surface area contributed by atoms with E-state index in [1.165, 1.54) is 6.26 Å².